The van der Waals surface area contributed by atoms with Gasteiger partial charge in [-0.15, -0.1) is 0 Å². The van der Waals surface area contributed by atoms with Gasteiger partial charge in [0.2, 0.25) is 11.2 Å². The highest BCUT2D eigenvalue weighted by Gasteiger charge is 2.30. The van der Waals surface area contributed by atoms with E-state index in [9.17, 15) is 18.0 Å². The van der Waals surface area contributed by atoms with Crippen molar-refractivity contribution >= 4 is 44.4 Å². The summed E-state index contributed by atoms with van der Waals surface area (Å²) >= 11 is 0. The molecule has 0 saturated heterocycles. The second-order valence-electron chi connectivity index (χ2n) is 11.1. The van der Waals surface area contributed by atoms with Gasteiger partial charge < -0.3 is 29.5 Å². The van der Waals surface area contributed by atoms with E-state index >= 15 is 4.39 Å². The number of carbonyl (C=O) groups is 1. The van der Waals surface area contributed by atoms with Crippen LogP contribution in [0.3, 0.4) is 0 Å². The number of hydrogen-bond acceptors (Lipinski definition) is 11. The average Bonchev–Trinajstić information content (AvgIpc) is 3.39. The minimum atomic E-state index is -4.23. The predicted octanol–water partition coefficient (Wildman–Crippen LogP) is 1.66. The highest BCUT2D eigenvalue weighted by atomic mass is 32.2. The molecule has 0 aliphatic carbocycles. The van der Waals surface area contributed by atoms with E-state index in [0.29, 0.717) is 36.2 Å². The number of carbonyl (C=O) groups excluding carboxylic acids is 1. The fourth-order valence-electron chi connectivity index (χ4n) is 5.83. The Bertz CT molecular complexity index is 2070. The fraction of sp³-hybridized carbons (Fsp3) is 0.333. The largest absolute Gasteiger partial charge is 0.488 e. The van der Waals surface area contributed by atoms with E-state index in [0.717, 1.165) is 22.0 Å². The molecule has 0 bridgehead atoms. The minimum Gasteiger partial charge on any atom is -0.488 e. The van der Waals surface area contributed by atoms with Gasteiger partial charge in [0.1, 0.15) is 36.5 Å². The van der Waals surface area contributed by atoms with E-state index in [2.05, 4.69) is 9.88 Å². The molecule has 2 aromatic carbocycles. The van der Waals surface area contributed by atoms with Gasteiger partial charge >= 0.3 is 11.9 Å². The number of anilines is 3. The van der Waals surface area contributed by atoms with Crippen LogP contribution in [0.4, 0.5) is 21.8 Å². The zero-order valence-corrected chi connectivity index (χ0v) is 25.8. The number of pyridine rings is 1. The third kappa shape index (κ3) is 5.64. The number of ether oxygens (including phenoxy) is 2. The lowest BCUT2D eigenvalue weighted by atomic mass is 9.96. The minimum absolute atomic E-state index is 0.0367. The summed E-state index contributed by atoms with van der Waals surface area (Å²) in [5.74, 6) is -1.74. The van der Waals surface area contributed by atoms with Crippen molar-refractivity contribution in [2.45, 2.75) is 32.9 Å². The second-order valence-corrected chi connectivity index (χ2v) is 12.7. The summed E-state index contributed by atoms with van der Waals surface area (Å²) in [6, 6.07) is 6.46. The number of esters is 1. The van der Waals surface area contributed by atoms with E-state index < -0.39 is 33.1 Å². The second kappa shape index (κ2) is 11.8. The molecule has 6 rings (SSSR count). The lowest BCUT2D eigenvalue weighted by Crippen LogP contribution is -2.48. The van der Waals surface area contributed by atoms with E-state index in [1.54, 1.807) is 17.6 Å². The number of aromatic nitrogens is 3. The highest BCUT2D eigenvalue weighted by Crippen LogP contribution is 2.43. The van der Waals surface area contributed by atoms with Crippen LogP contribution in [0.5, 0.6) is 5.75 Å². The summed E-state index contributed by atoms with van der Waals surface area (Å²) in [4.78, 5) is 37.3. The number of rotatable bonds is 9. The van der Waals surface area contributed by atoms with E-state index in [4.69, 9.17) is 30.3 Å². The first-order valence-electron chi connectivity index (χ1n) is 14.5. The molecule has 0 radical (unpaired) electrons. The van der Waals surface area contributed by atoms with Crippen LogP contribution < -0.4 is 36.1 Å². The van der Waals surface area contributed by atoms with E-state index in [1.807, 2.05) is 19.1 Å². The van der Waals surface area contributed by atoms with Crippen LogP contribution in [-0.2, 0) is 27.8 Å². The van der Waals surface area contributed by atoms with Crippen LogP contribution in [-0.4, -0.2) is 60.6 Å². The molecule has 14 nitrogen and oxygen atoms in total. The van der Waals surface area contributed by atoms with Gasteiger partial charge in [-0.3, -0.25) is 15.1 Å². The molecule has 1 atom stereocenters. The summed E-state index contributed by atoms with van der Waals surface area (Å²) in [5, 5.41) is 0.0367. The van der Waals surface area contributed by atoms with Crippen molar-refractivity contribution in [1.82, 2.24) is 9.55 Å². The Morgan fingerprint density at radius 3 is 2.80 bits per heavy atom. The molecule has 2 aromatic heterocycles. The first kappa shape index (κ1) is 31.0. The van der Waals surface area contributed by atoms with Gasteiger partial charge in [0.15, 0.2) is 5.75 Å². The Hall–Kier alpha value is -4.96. The number of nitrogens with zero attached hydrogens (tertiary/aromatic N) is 4. The summed E-state index contributed by atoms with van der Waals surface area (Å²) in [6.07, 6.45) is 3.61. The quantitative estimate of drug-likeness (QED) is 0.134. The van der Waals surface area contributed by atoms with E-state index in [-0.39, 0.29) is 59.9 Å². The zero-order valence-electron chi connectivity index (χ0n) is 25.0. The number of halogens is 1. The predicted molar refractivity (Wildman–Crippen MR) is 166 cm³/mol. The van der Waals surface area contributed by atoms with Crippen molar-refractivity contribution in [3.05, 3.63) is 69.4 Å². The normalized spacial score (nSPS) is 15.5. The standard InChI is InChI=1S/C30H31FN6O8S/c1-3-43-29(39)21-14-36-16(2)15-44-27-24(22(31)11-20(25(27)36)26(21)38)18-4-5-23-17(10-18)6-7-35(23)12-19-13-37(30(33)34-28(19)32)45-8-9-46(40,41)42/h4-5,10-11,13-14,16H,3,6-9,12,15H2,1-2H3,(H4,32,33,34,40,41,42)/p+1/t16-/m0/s1. The number of fused-ring (bicyclic) bond motifs is 1. The van der Waals surface area contributed by atoms with Gasteiger partial charge in [-0.1, -0.05) is 15.8 Å². The van der Waals surface area contributed by atoms with Crippen LogP contribution >= 0.6 is 0 Å². The third-order valence-corrected chi connectivity index (χ3v) is 8.70. The van der Waals surface area contributed by atoms with Crippen molar-refractivity contribution in [3.8, 4) is 16.9 Å². The monoisotopic (exact) mass is 655 g/mol. The molecule has 4 aromatic rings. The van der Waals surface area contributed by atoms with Gasteiger partial charge in [-0.2, -0.15) is 8.42 Å². The maximum atomic E-state index is 15.9. The van der Waals surface area contributed by atoms with Crippen molar-refractivity contribution < 1.29 is 41.2 Å². The van der Waals surface area contributed by atoms with Crippen molar-refractivity contribution in [2.75, 3.05) is 48.5 Å². The van der Waals surface area contributed by atoms with Gasteiger partial charge in [-0.25, -0.2) is 9.18 Å². The van der Waals surface area contributed by atoms with Gasteiger partial charge in [0.25, 0.3) is 10.1 Å². The first-order chi connectivity index (χ1) is 21.9. The molecule has 242 valence electrons. The van der Waals surface area contributed by atoms with Gasteiger partial charge in [-0.05, 0) is 49.6 Å². The third-order valence-electron chi connectivity index (χ3n) is 8.02. The Morgan fingerprint density at radius 1 is 1.28 bits per heavy atom. The highest BCUT2D eigenvalue weighted by molar-refractivity contribution is 7.85. The van der Waals surface area contributed by atoms with Gasteiger partial charge in [0.05, 0.1) is 41.2 Å². The Morgan fingerprint density at radius 2 is 2.07 bits per heavy atom. The molecule has 0 saturated carbocycles. The van der Waals surface area contributed by atoms with Crippen molar-refractivity contribution in [1.29, 1.82) is 0 Å². The molecule has 16 heteroatoms. The molecule has 2 aliphatic rings. The van der Waals surface area contributed by atoms with Crippen LogP contribution in [0, 0.1) is 5.82 Å². The molecule has 0 amide bonds. The summed E-state index contributed by atoms with van der Waals surface area (Å²) in [6.45, 7) is 4.41. The maximum absolute atomic E-state index is 15.9. The number of benzene rings is 2. The lowest BCUT2D eigenvalue weighted by Gasteiger charge is -2.29. The molecular weight excluding hydrogens is 623 g/mol. The molecule has 0 unspecified atom stereocenters. The van der Waals surface area contributed by atoms with Crippen molar-refractivity contribution in [3.63, 3.8) is 0 Å². The summed E-state index contributed by atoms with van der Waals surface area (Å²) < 4.78 is 60.9. The lowest BCUT2D eigenvalue weighted by molar-refractivity contribution is -0.881. The van der Waals surface area contributed by atoms with Crippen LogP contribution in [0.15, 0.2) is 41.5 Å². The molecule has 46 heavy (non-hydrogen) atoms. The van der Waals surface area contributed by atoms with Crippen LogP contribution in [0.1, 0.15) is 41.4 Å². The Labute approximate surface area is 262 Å². The molecular formula is C30H32FN6O8S+. The van der Waals surface area contributed by atoms with Crippen LogP contribution in [0.2, 0.25) is 0 Å². The topological polar surface area (TPSA) is 193 Å². The fourth-order valence-corrected chi connectivity index (χ4v) is 6.11. The average molecular weight is 656 g/mol. The van der Waals surface area contributed by atoms with Crippen molar-refractivity contribution in [2.24, 2.45) is 0 Å². The molecule has 5 N–H and O–H groups in total. The molecule has 0 spiro atoms. The molecule has 4 heterocycles. The summed E-state index contributed by atoms with van der Waals surface area (Å²) in [7, 11) is -4.23. The Kier molecular flexibility index (Phi) is 7.93. The first-order valence-corrected chi connectivity index (χ1v) is 16.1. The molecule has 2 aliphatic heterocycles. The smallest absolute Gasteiger partial charge is 0.428 e. The molecule has 0 fully saturated rings. The number of hydrogen-bond donors (Lipinski definition) is 3. The SMILES string of the molecule is CCOC(=O)c1cn2c3c(c(-c4ccc5c(c4)CCN5Cc4c[n+](OCCS(=O)(=O)O)c(N)nc4N)c(F)cc3c1=O)OC[C@@H]2C. The summed E-state index contributed by atoms with van der Waals surface area (Å²) in [5.41, 5.74) is 14.8. The van der Waals surface area contributed by atoms with Crippen LogP contribution in [0.25, 0.3) is 22.0 Å². The Balaban J connectivity index is 1.33. The maximum Gasteiger partial charge on any atom is 0.428 e. The number of nitrogens with two attached hydrogens (primary N) is 2. The zero-order chi connectivity index (χ0) is 32.9. The van der Waals surface area contributed by atoms with E-state index in [1.165, 1.54) is 12.4 Å². The number of nitrogen functional groups attached to an aromatic ring is 2. The van der Waals surface area contributed by atoms with Gasteiger partial charge in [0, 0.05) is 18.4 Å².